The molecule has 0 atom stereocenters. The molecule has 1 aromatic heterocycles. The molecule has 0 spiro atoms. The van der Waals surface area contributed by atoms with Gasteiger partial charge < -0.3 is 17.2 Å². The largest absolute Gasteiger partial charge is 0.398 e. The number of hydrogen-bond donors (Lipinski definition) is 3. The highest BCUT2D eigenvalue weighted by atomic mass is 35.5. The summed E-state index contributed by atoms with van der Waals surface area (Å²) in [4.78, 5) is 16.0. The van der Waals surface area contributed by atoms with E-state index in [-0.39, 0.29) is 0 Å². The molecule has 3 aromatic rings. The number of hydrogen-bond acceptors (Lipinski definition) is 4. The Morgan fingerprint density at radius 2 is 1.81 bits per heavy atom. The molecule has 0 fully saturated rings. The number of primary amides is 1. The SMILES string of the molecule is NCc1cc(-c2ccnc(Cl)c2)ccc1C=C(C(N)=O)c1ccccc1N. The van der Waals surface area contributed by atoms with E-state index in [1.165, 1.54) is 0 Å². The van der Waals surface area contributed by atoms with Gasteiger partial charge in [0.05, 0.1) is 0 Å². The number of nitrogen functional groups attached to an aromatic ring is 1. The van der Waals surface area contributed by atoms with Crippen molar-refractivity contribution in [1.82, 2.24) is 4.98 Å². The fraction of sp³-hybridized carbons (Fsp3) is 0.0476. The van der Waals surface area contributed by atoms with Gasteiger partial charge in [-0.05, 0) is 52.6 Å². The summed E-state index contributed by atoms with van der Waals surface area (Å²) in [6, 6.07) is 16.6. The van der Waals surface area contributed by atoms with Crippen molar-refractivity contribution in [1.29, 1.82) is 0 Å². The van der Waals surface area contributed by atoms with Crippen molar-refractivity contribution >= 4 is 34.8 Å². The van der Waals surface area contributed by atoms with Crippen LogP contribution in [0.2, 0.25) is 5.15 Å². The Hall–Kier alpha value is -3.15. The lowest BCUT2D eigenvalue weighted by Crippen LogP contribution is -2.14. The third-order valence-electron chi connectivity index (χ3n) is 4.24. The first-order valence-corrected chi connectivity index (χ1v) is 8.68. The summed E-state index contributed by atoms with van der Waals surface area (Å²) in [6.45, 7) is 0.300. The molecule has 3 rings (SSSR count). The van der Waals surface area contributed by atoms with E-state index in [1.54, 1.807) is 36.5 Å². The Kier molecular flexibility index (Phi) is 5.54. The molecular formula is C21H19ClN4O. The van der Waals surface area contributed by atoms with Crippen molar-refractivity contribution in [2.45, 2.75) is 6.54 Å². The van der Waals surface area contributed by atoms with E-state index in [9.17, 15) is 4.79 Å². The van der Waals surface area contributed by atoms with Crippen molar-refractivity contribution in [3.8, 4) is 11.1 Å². The number of halogens is 1. The van der Waals surface area contributed by atoms with Crippen LogP contribution in [-0.4, -0.2) is 10.9 Å². The van der Waals surface area contributed by atoms with Gasteiger partial charge in [-0.1, -0.05) is 41.9 Å². The van der Waals surface area contributed by atoms with Crippen LogP contribution < -0.4 is 17.2 Å². The van der Waals surface area contributed by atoms with Gasteiger partial charge in [0.1, 0.15) is 5.15 Å². The molecule has 0 radical (unpaired) electrons. The molecule has 0 aliphatic carbocycles. The van der Waals surface area contributed by atoms with Gasteiger partial charge in [0.2, 0.25) is 5.91 Å². The van der Waals surface area contributed by atoms with E-state index in [2.05, 4.69) is 4.98 Å². The molecule has 1 heterocycles. The third-order valence-corrected chi connectivity index (χ3v) is 4.45. The van der Waals surface area contributed by atoms with E-state index in [0.717, 1.165) is 22.3 Å². The lowest BCUT2D eigenvalue weighted by molar-refractivity contribution is -0.112. The molecule has 0 bridgehead atoms. The zero-order valence-corrected chi connectivity index (χ0v) is 15.3. The number of aromatic nitrogens is 1. The summed E-state index contributed by atoms with van der Waals surface area (Å²) in [5.41, 5.74) is 22.5. The number of pyridine rings is 1. The molecule has 0 unspecified atom stereocenters. The number of carbonyl (C=O) groups excluding carboxylic acids is 1. The summed E-state index contributed by atoms with van der Waals surface area (Å²) in [7, 11) is 0. The number of amides is 1. The summed E-state index contributed by atoms with van der Waals surface area (Å²) in [6.07, 6.45) is 3.37. The molecule has 0 saturated heterocycles. The number of benzene rings is 2. The molecule has 0 aliphatic rings. The van der Waals surface area contributed by atoms with Crippen LogP contribution in [0.3, 0.4) is 0 Å². The molecule has 0 saturated carbocycles. The smallest absolute Gasteiger partial charge is 0.249 e. The maximum atomic E-state index is 12.0. The highest BCUT2D eigenvalue weighted by Gasteiger charge is 2.13. The summed E-state index contributed by atoms with van der Waals surface area (Å²) >= 11 is 5.98. The predicted octanol–water partition coefficient (Wildman–Crippen LogP) is 3.47. The fourth-order valence-corrected chi connectivity index (χ4v) is 3.04. The van der Waals surface area contributed by atoms with Crippen LogP contribution in [0.25, 0.3) is 22.8 Å². The summed E-state index contributed by atoms with van der Waals surface area (Å²) < 4.78 is 0. The molecule has 136 valence electrons. The second-order valence-electron chi connectivity index (χ2n) is 5.99. The Bertz CT molecular complexity index is 1030. The number of nitrogens with two attached hydrogens (primary N) is 3. The van der Waals surface area contributed by atoms with Gasteiger partial charge in [-0.15, -0.1) is 0 Å². The lowest BCUT2D eigenvalue weighted by atomic mass is 9.95. The molecule has 0 aliphatic heterocycles. The number of carbonyl (C=O) groups is 1. The predicted molar refractivity (Wildman–Crippen MR) is 110 cm³/mol. The number of nitrogens with zero attached hydrogens (tertiary/aromatic N) is 1. The van der Waals surface area contributed by atoms with Crippen LogP contribution in [0.1, 0.15) is 16.7 Å². The summed E-state index contributed by atoms with van der Waals surface area (Å²) in [5, 5.41) is 0.418. The number of para-hydroxylation sites is 1. The van der Waals surface area contributed by atoms with Crippen LogP contribution >= 0.6 is 11.6 Å². The molecule has 5 nitrogen and oxygen atoms in total. The van der Waals surface area contributed by atoms with Gasteiger partial charge in [0.15, 0.2) is 0 Å². The maximum absolute atomic E-state index is 12.0. The Balaban J connectivity index is 2.09. The van der Waals surface area contributed by atoms with Gasteiger partial charge in [0, 0.05) is 29.6 Å². The monoisotopic (exact) mass is 378 g/mol. The first kappa shape index (κ1) is 18.6. The number of anilines is 1. The minimum atomic E-state index is -0.555. The van der Waals surface area contributed by atoms with E-state index < -0.39 is 5.91 Å². The van der Waals surface area contributed by atoms with Crippen LogP contribution in [0.4, 0.5) is 5.69 Å². The molecule has 6 heteroatoms. The van der Waals surface area contributed by atoms with Crippen LogP contribution in [-0.2, 0) is 11.3 Å². The Morgan fingerprint density at radius 3 is 2.48 bits per heavy atom. The van der Waals surface area contributed by atoms with E-state index in [4.69, 9.17) is 28.8 Å². The second-order valence-corrected chi connectivity index (χ2v) is 6.38. The van der Waals surface area contributed by atoms with Crippen LogP contribution in [0.5, 0.6) is 0 Å². The van der Waals surface area contributed by atoms with Crippen molar-refractivity contribution in [2.24, 2.45) is 11.5 Å². The lowest BCUT2D eigenvalue weighted by Gasteiger charge is -2.11. The van der Waals surface area contributed by atoms with E-state index >= 15 is 0 Å². The highest BCUT2D eigenvalue weighted by Crippen LogP contribution is 2.28. The van der Waals surface area contributed by atoms with E-state index in [0.29, 0.717) is 28.5 Å². The first-order chi connectivity index (χ1) is 13.0. The van der Waals surface area contributed by atoms with Gasteiger partial charge in [0.25, 0.3) is 0 Å². The van der Waals surface area contributed by atoms with Crippen LogP contribution in [0.15, 0.2) is 60.8 Å². The average Bonchev–Trinajstić information content (AvgIpc) is 2.66. The number of rotatable bonds is 5. The van der Waals surface area contributed by atoms with E-state index in [1.807, 2.05) is 30.3 Å². The average molecular weight is 379 g/mol. The topological polar surface area (TPSA) is 108 Å². The summed E-state index contributed by atoms with van der Waals surface area (Å²) in [5.74, 6) is -0.555. The molecule has 2 aromatic carbocycles. The Labute approximate surface area is 162 Å². The van der Waals surface area contributed by atoms with Crippen molar-refractivity contribution in [3.05, 3.63) is 82.6 Å². The third kappa shape index (κ3) is 4.16. The molecule has 6 N–H and O–H groups in total. The maximum Gasteiger partial charge on any atom is 0.249 e. The standard InChI is InChI=1S/C21H19ClN4O/c22-20-11-15(7-8-26-20)13-5-6-14(16(9-13)12-23)10-18(21(25)27)17-3-1-2-4-19(17)24/h1-11H,12,23-24H2,(H2,25,27). The molecule has 1 amide bonds. The van der Waals surface area contributed by atoms with Crippen LogP contribution in [0, 0.1) is 0 Å². The second kappa shape index (κ2) is 8.03. The fourth-order valence-electron chi connectivity index (χ4n) is 2.86. The quantitative estimate of drug-likeness (QED) is 0.273. The van der Waals surface area contributed by atoms with Crippen molar-refractivity contribution in [2.75, 3.05) is 5.73 Å². The zero-order chi connectivity index (χ0) is 19.4. The first-order valence-electron chi connectivity index (χ1n) is 8.31. The minimum absolute atomic E-state index is 0.300. The Morgan fingerprint density at radius 1 is 1.07 bits per heavy atom. The van der Waals surface area contributed by atoms with Crippen molar-refractivity contribution < 1.29 is 4.79 Å². The normalized spacial score (nSPS) is 11.4. The molecule has 27 heavy (non-hydrogen) atoms. The van der Waals surface area contributed by atoms with Gasteiger partial charge in [-0.3, -0.25) is 4.79 Å². The minimum Gasteiger partial charge on any atom is -0.398 e. The van der Waals surface area contributed by atoms with Gasteiger partial charge in [-0.2, -0.15) is 0 Å². The molecular weight excluding hydrogens is 360 g/mol. The zero-order valence-electron chi connectivity index (χ0n) is 14.5. The highest BCUT2D eigenvalue weighted by molar-refractivity contribution is 6.29. The van der Waals surface area contributed by atoms with Gasteiger partial charge in [-0.25, -0.2) is 4.98 Å². The van der Waals surface area contributed by atoms with Gasteiger partial charge >= 0.3 is 0 Å². The van der Waals surface area contributed by atoms with Crippen molar-refractivity contribution in [3.63, 3.8) is 0 Å².